The number of rotatable bonds is 10. The fourth-order valence-electron chi connectivity index (χ4n) is 4.96. The second-order valence-corrected chi connectivity index (χ2v) is 10.6. The molecule has 0 spiro atoms. The standard InChI is InChI=1S/C30H33F3N6O2/c1-4-18(2)21-13-15-34-23(16-21)28-38-26-24(39(28)17-20-8-10-22(11-9-20)30(31,32)33)25(35-14-12-19-6-5-7-19)36-27(37-26)29(40)41-3/h8-11,13,15-16,18-19H,4-7,12,14,17H2,1-3H3,(H,35,36,37). The molecular weight excluding hydrogens is 533 g/mol. The number of ether oxygens (including phenoxy) is 1. The molecule has 0 amide bonds. The molecule has 4 aromatic rings. The zero-order chi connectivity index (χ0) is 29.1. The van der Waals surface area contributed by atoms with Crippen molar-refractivity contribution < 1.29 is 22.7 Å². The average Bonchev–Trinajstić information content (AvgIpc) is 3.31. The molecule has 1 unspecified atom stereocenters. The van der Waals surface area contributed by atoms with Gasteiger partial charge in [0.25, 0.3) is 0 Å². The minimum Gasteiger partial charge on any atom is -0.463 e. The van der Waals surface area contributed by atoms with Gasteiger partial charge >= 0.3 is 12.1 Å². The van der Waals surface area contributed by atoms with E-state index in [2.05, 4.69) is 34.1 Å². The third-order valence-corrected chi connectivity index (χ3v) is 7.86. The monoisotopic (exact) mass is 566 g/mol. The van der Waals surface area contributed by atoms with Crippen LogP contribution in [0.5, 0.6) is 0 Å². The Morgan fingerprint density at radius 1 is 1.15 bits per heavy atom. The molecule has 1 aliphatic carbocycles. The van der Waals surface area contributed by atoms with Gasteiger partial charge < -0.3 is 14.6 Å². The number of hydrogen-bond donors (Lipinski definition) is 1. The highest BCUT2D eigenvalue weighted by Crippen LogP contribution is 2.33. The predicted octanol–water partition coefficient (Wildman–Crippen LogP) is 6.86. The summed E-state index contributed by atoms with van der Waals surface area (Å²) in [7, 11) is 1.26. The van der Waals surface area contributed by atoms with Crippen molar-refractivity contribution in [1.82, 2.24) is 24.5 Å². The first kappa shape index (κ1) is 28.5. The highest BCUT2D eigenvalue weighted by molar-refractivity contribution is 5.92. The second kappa shape index (κ2) is 11.8. The lowest BCUT2D eigenvalue weighted by atomic mass is 9.83. The van der Waals surface area contributed by atoms with Crippen molar-refractivity contribution in [3.05, 3.63) is 65.1 Å². The van der Waals surface area contributed by atoms with Crippen LogP contribution >= 0.6 is 0 Å². The summed E-state index contributed by atoms with van der Waals surface area (Å²) < 4.78 is 46.4. The molecule has 1 atom stereocenters. The normalized spacial score (nSPS) is 14.6. The van der Waals surface area contributed by atoms with Gasteiger partial charge in [0.05, 0.1) is 12.7 Å². The second-order valence-electron chi connectivity index (χ2n) is 10.6. The summed E-state index contributed by atoms with van der Waals surface area (Å²) in [5.41, 5.74) is 2.40. The fraction of sp³-hybridized carbons (Fsp3) is 0.433. The zero-order valence-electron chi connectivity index (χ0n) is 23.3. The number of methoxy groups -OCH3 is 1. The quantitative estimate of drug-likeness (QED) is 0.210. The Hall–Kier alpha value is -4.02. The lowest BCUT2D eigenvalue weighted by Gasteiger charge is -2.25. The number of anilines is 1. The van der Waals surface area contributed by atoms with Crippen molar-refractivity contribution in [3.8, 4) is 11.5 Å². The average molecular weight is 567 g/mol. The number of halogens is 3. The highest BCUT2D eigenvalue weighted by atomic mass is 19.4. The maximum atomic E-state index is 13.2. The molecule has 1 aromatic carbocycles. The third kappa shape index (κ3) is 6.18. The van der Waals surface area contributed by atoms with Crippen molar-refractivity contribution in [2.45, 2.75) is 64.6 Å². The number of nitrogens with one attached hydrogen (secondary N) is 1. The van der Waals surface area contributed by atoms with E-state index in [-0.39, 0.29) is 18.0 Å². The van der Waals surface area contributed by atoms with Gasteiger partial charge in [-0.2, -0.15) is 13.2 Å². The molecule has 3 heterocycles. The van der Waals surface area contributed by atoms with E-state index in [1.807, 2.05) is 16.7 Å². The third-order valence-electron chi connectivity index (χ3n) is 7.86. The van der Waals surface area contributed by atoms with Crippen LogP contribution in [0.1, 0.15) is 79.2 Å². The SMILES string of the molecule is CCC(C)c1ccnc(-c2nc3nc(C(=O)OC)nc(NCCC4CCC4)c3n2Cc2ccc(C(F)(F)F)cc2)c1. The van der Waals surface area contributed by atoms with Gasteiger partial charge in [0.15, 0.2) is 17.3 Å². The Bertz CT molecular complexity index is 1530. The van der Waals surface area contributed by atoms with Crippen LogP contribution in [-0.2, 0) is 17.5 Å². The van der Waals surface area contributed by atoms with E-state index in [0.29, 0.717) is 46.8 Å². The van der Waals surface area contributed by atoms with Crippen LogP contribution in [0.2, 0.25) is 0 Å². The number of alkyl halides is 3. The summed E-state index contributed by atoms with van der Waals surface area (Å²) in [6.07, 6.45) is 2.82. The van der Waals surface area contributed by atoms with Gasteiger partial charge in [-0.3, -0.25) is 4.98 Å². The molecule has 3 aromatic heterocycles. The lowest BCUT2D eigenvalue weighted by molar-refractivity contribution is -0.137. The van der Waals surface area contributed by atoms with Crippen LogP contribution in [0.3, 0.4) is 0 Å². The maximum absolute atomic E-state index is 13.2. The van der Waals surface area contributed by atoms with Crippen molar-refractivity contribution in [2.24, 2.45) is 5.92 Å². The minimum atomic E-state index is -4.43. The summed E-state index contributed by atoms with van der Waals surface area (Å²) in [5.74, 6) is 1.02. The molecule has 0 radical (unpaired) electrons. The van der Waals surface area contributed by atoms with Crippen molar-refractivity contribution in [3.63, 3.8) is 0 Å². The molecule has 0 bridgehead atoms. The number of hydrogen-bond acceptors (Lipinski definition) is 7. The molecule has 11 heteroatoms. The molecule has 0 aliphatic heterocycles. The Morgan fingerprint density at radius 2 is 1.90 bits per heavy atom. The molecule has 0 saturated heterocycles. The van der Waals surface area contributed by atoms with E-state index in [4.69, 9.17) is 9.72 Å². The number of fused-ring (bicyclic) bond motifs is 1. The van der Waals surface area contributed by atoms with E-state index >= 15 is 0 Å². The van der Waals surface area contributed by atoms with Gasteiger partial charge in [0.1, 0.15) is 11.2 Å². The number of benzene rings is 1. The van der Waals surface area contributed by atoms with Crippen molar-refractivity contribution in [2.75, 3.05) is 19.0 Å². The topological polar surface area (TPSA) is 94.8 Å². The van der Waals surface area contributed by atoms with E-state index in [0.717, 1.165) is 30.5 Å². The summed E-state index contributed by atoms with van der Waals surface area (Å²) in [6, 6.07) is 8.98. The Balaban J connectivity index is 1.65. The Kier molecular flexibility index (Phi) is 8.23. The zero-order valence-corrected chi connectivity index (χ0v) is 23.3. The van der Waals surface area contributed by atoms with Gasteiger partial charge in [0.2, 0.25) is 5.82 Å². The minimum absolute atomic E-state index is 0.127. The fourth-order valence-corrected chi connectivity index (χ4v) is 4.96. The molecule has 8 nitrogen and oxygen atoms in total. The molecule has 1 fully saturated rings. The van der Waals surface area contributed by atoms with Gasteiger partial charge in [-0.15, -0.1) is 0 Å². The van der Waals surface area contributed by atoms with Gasteiger partial charge in [-0.1, -0.05) is 45.2 Å². The van der Waals surface area contributed by atoms with Crippen LogP contribution < -0.4 is 5.32 Å². The number of pyridine rings is 1. The summed E-state index contributed by atoms with van der Waals surface area (Å²) in [4.78, 5) is 30.7. The summed E-state index contributed by atoms with van der Waals surface area (Å²) in [5, 5.41) is 3.38. The van der Waals surface area contributed by atoms with Crippen molar-refractivity contribution in [1.29, 1.82) is 0 Å². The lowest BCUT2D eigenvalue weighted by Crippen LogP contribution is -2.18. The molecule has 1 aliphatic rings. The van der Waals surface area contributed by atoms with Crippen LogP contribution in [0.4, 0.5) is 19.0 Å². The number of carbonyl (C=O) groups is 1. The number of imidazole rings is 1. The van der Waals surface area contributed by atoms with Crippen LogP contribution in [-0.4, -0.2) is 44.1 Å². The van der Waals surface area contributed by atoms with Crippen LogP contribution in [0.15, 0.2) is 42.6 Å². The van der Waals surface area contributed by atoms with Gasteiger partial charge in [0, 0.05) is 19.3 Å². The molecule has 1 N–H and O–H groups in total. The van der Waals surface area contributed by atoms with Gasteiger partial charge in [-0.05, 0) is 60.1 Å². The highest BCUT2D eigenvalue weighted by Gasteiger charge is 2.30. The first-order chi connectivity index (χ1) is 19.7. The smallest absolute Gasteiger partial charge is 0.416 e. The van der Waals surface area contributed by atoms with Crippen molar-refractivity contribution >= 4 is 23.0 Å². The summed E-state index contributed by atoms with van der Waals surface area (Å²) >= 11 is 0. The maximum Gasteiger partial charge on any atom is 0.416 e. The molecular formula is C30H33F3N6O2. The number of nitrogens with zero attached hydrogens (tertiary/aromatic N) is 5. The molecule has 41 heavy (non-hydrogen) atoms. The van der Waals surface area contributed by atoms with E-state index in [9.17, 15) is 18.0 Å². The molecule has 1 saturated carbocycles. The first-order valence-corrected chi connectivity index (χ1v) is 13.9. The molecule has 216 valence electrons. The predicted molar refractivity (Wildman–Crippen MR) is 150 cm³/mol. The first-order valence-electron chi connectivity index (χ1n) is 13.9. The summed E-state index contributed by atoms with van der Waals surface area (Å²) in [6.45, 7) is 5.07. The Labute approximate surface area is 236 Å². The number of aromatic nitrogens is 5. The van der Waals surface area contributed by atoms with Crippen LogP contribution in [0, 0.1) is 5.92 Å². The van der Waals surface area contributed by atoms with Crippen LogP contribution in [0.25, 0.3) is 22.7 Å². The largest absolute Gasteiger partial charge is 0.463 e. The van der Waals surface area contributed by atoms with Gasteiger partial charge in [-0.25, -0.2) is 19.7 Å². The van der Waals surface area contributed by atoms with E-state index in [1.54, 1.807) is 6.20 Å². The van der Waals surface area contributed by atoms with E-state index in [1.165, 1.54) is 38.5 Å². The number of esters is 1. The Morgan fingerprint density at radius 3 is 2.54 bits per heavy atom. The number of carbonyl (C=O) groups excluding carboxylic acids is 1. The molecule has 5 rings (SSSR count). The van der Waals surface area contributed by atoms with E-state index < -0.39 is 17.7 Å².